The highest BCUT2D eigenvalue weighted by molar-refractivity contribution is 6.43. The van der Waals surface area contributed by atoms with E-state index in [0.29, 0.717) is 6.54 Å². The summed E-state index contributed by atoms with van der Waals surface area (Å²) in [5.74, 6) is 0.880. The van der Waals surface area contributed by atoms with Crippen LogP contribution in [0.1, 0.15) is 35.7 Å². The van der Waals surface area contributed by atoms with Crippen molar-refractivity contribution in [3.63, 3.8) is 0 Å². The molecule has 0 fully saturated rings. The maximum atomic E-state index is 15.6. The molecule has 0 spiro atoms. The molecule has 1 aromatic carbocycles. The average Bonchev–Trinajstić information content (AvgIpc) is 3.32. The third-order valence-corrected chi connectivity index (χ3v) is 6.11. The molecule has 2 aromatic rings. The van der Waals surface area contributed by atoms with Crippen molar-refractivity contribution in [3.05, 3.63) is 76.3 Å². The molecule has 6 heteroatoms. The Balaban J connectivity index is 1.81. The van der Waals surface area contributed by atoms with E-state index in [1.54, 1.807) is 11.6 Å². The number of rotatable bonds is 5. The average molecular weight is 391 g/mol. The maximum absolute atomic E-state index is 15.6. The van der Waals surface area contributed by atoms with Crippen LogP contribution < -0.4 is 10.5 Å². The molecule has 1 aromatic heterocycles. The zero-order valence-corrected chi connectivity index (χ0v) is 17.5. The van der Waals surface area contributed by atoms with Gasteiger partial charge in [-0.25, -0.2) is 0 Å². The van der Waals surface area contributed by atoms with E-state index in [9.17, 15) is 0 Å². The summed E-state index contributed by atoms with van der Waals surface area (Å²) in [4.78, 5) is 0. The monoisotopic (exact) mass is 391 g/mol. The molecule has 1 atom stereocenters. The van der Waals surface area contributed by atoms with Crippen LogP contribution in [-0.2, 0) is 0 Å². The first-order valence-corrected chi connectivity index (χ1v) is 10.1. The summed E-state index contributed by atoms with van der Waals surface area (Å²) in [7, 11) is -0.557. The lowest BCUT2D eigenvalue weighted by molar-refractivity contribution is -0.335. The standard InChI is InChI=1S/C23H27BFN3O/c1-15-14-19(9-7-18-8-10-22(29-4)17(3)16(18)2)28-23(15)20(11-12-26)21-6-5-13-27(21)24(28)25/h5-10,13-14,24H,11-12,26H2,1-4H3/b9-7+. The van der Waals surface area contributed by atoms with Gasteiger partial charge in [-0.1, -0.05) is 6.07 Å². The number of hydrogen-bond acceptors (Lipinski definition) is 2. The van der Waals surface area contributed by atoms with Crippen molar-refractivity contribution >= 4 is 24.6 Å². The van der Waals surface area contributed by atoms with Gasteiger partial charge < -0.3 is 23.8 Å². The number of allylic oxidation sites excluding steroid dienone is 3. The van der Waals surface area contributed by atoms with Gasteiger partial charge in [-0.05, 0) is 80.9 Å². The number of halogens is 1. The number of hydrogen-bond donors (Lipinski definition) is 1. The molecule has 0 saturated carbocycles. The van der Waals surface area contributed by atoms with E-state index in [1.807, 2.05) is 47.9 Å². The summed E-state index contributed by atoms with van der Waals surface area (Å²) < 4.78 is 24.6. The highest BCUT2D eigenvalue weighted by Crippen LogP contribution is 2.36. The normalized spacial score (nSPS) is 18.4. The number of aromatic nitrogens is 1. The van der Waals surface area contributed by atoms with E-state index in [1.165, 1.54) is 0 Å². The third kappa shape index (κ3) is 3.08. The van der Waals surface area contributed by atoms with Crippen molar-refractivity contribution < 1.29 is 13.5 Å². The molecule has 1 unspecified atom stereocenters. The number of benzene rings is 1. The number of nitrogens with zero attached hydrogens (tertiary/aromatic N) is 2. The van der Waals surface area contributed by atoms with Crippen LogP contribution >= 0.6 is 0 Å². The molecule has 4 nitrogen and oxygen atoms in total. The maximum Gasteiger partial charge on any atom is 0.536 e. The van der Waals surface area contributed by atoms with Gasteiger partial charge in [-0.3, -0.25) is 0 Å². The Bertz CT molecular complexity index is 1110. The molecule has 0 bridgehead atoms. The summed E-state index contributed by atoms with van der Waals surface area (Å²) in [6.07, 6.45) is 8.69. The van der Waals surface area contributed by atoms with Gasteiger partial charge in [0, 0.05) is 29.0 Å². The summed E-state index contributed by atoms with van der Waals surface area (Å²) in [5, 5.41) is 0. The number of ether oxygens (including phenoxy) is 1. The number of nitrogens with two attached hydrogens (primary N) is 1. The Labute approximate surface area is 171 Å². The fourth-order valence-electron chi connectivity index (χ4n) is 4.50. The predicted octanol–water partition coefficient (Wildman–Crippen LogP) is 3.85. The Morgan fingerprint density at radius 1 is 1.17 bits per heavy atom. The van der Waals surface area contributed by atoms with Crippen LogP contribution in [0, 0.1) is 13.8 Å². The largest absolute Gasteiger partial charge is 0.536 e. The fourth-order valence-corrected chi connectivity index (χ4v) is 4.50. The molecule has 0 radical (unpaired) electrons. The topological polar surface area (TPSA) is 43.2 Å². The second kappa shape index (κ2) is 7.52. The van der Waals surface area contributed by atoms with Gasteiger partial charge in [0.1, 0.15) is 5.75 Å². The van der Waals surface area contributed by atoms with Crippen LogP contribution in [0.3, 0.4) is 0 Å². The highest BCUT2D eigenvalue weighted by Gasteiger charge is 2.37. The van der Waals surface area contributed by atoms with E-state index in [2.05, 4.69) is 26.0 Å². The van der Waals surface area contributed by atoms with Gasteiger partial charge in [0.05, 0.1) is 7.11 Å². The Kier molecular flexibility index (Phi) is 5.05. The van der Waals surface area contributed by atoms with Crippen molar-refractivity contribution in [2.45, 2.75) is 27.2 Å². The van der Waals surface area contributed by atoms with Crippen molar-refractivity contribution in [1.29, 1.82) is 0 Å². The first-order valence-electron chi connectivity index (χ1n) is 10.1. The van der Waals surface area contributed by atoms with Gasteiger partial charge in [-0.2, -0.15) is 0 Å². The lowest BCUT2D eigenvalue weighted by atomic mass is 9.90. The van der Waals surface area contributed by atoms with Gasteiger partial charge in [-0.15, -0.1) is 0 Å². The molecular formula is C23H27BFN3O. The minimum Gasteiger partial charge on any atom is -0.496 e. The van der Waals surface area contributed by atoms with E-state index in [-0.39, 0.29) is 0 Å². The second-order valence-electron chi connectivity index (χ2n) is 7.73. The lowest BCUT2D eigenvalue weighted by Gasteiger charge is -2.29. The first-order chi connectivity index (χ1) is 14.0. The van der Waals surface area contributed by atoms with Crippen molar-refractivity contribution in [3.8, 4) is 5.75 Å². The van der Waals surface area contributed by atoms with Crippen LogP contribution in [0.25, 0.3) is 11.6 Å². The van der Waals surface area contributed by atoms with Crippen LogP contribution in [0.15, 0.2) is 53.9 Å². The number of fused-ring (bicyclic) bond motifs is 2. The minimum atomic E-state index is -2.24. The van der Waals surface area contributed by atoms with Crippen LogP contribution in [0.4, 0.5) is 4.32 Å². The zero-order chi connectivity index (χ0) is 20.7. The Hall–Kier alpha value is -2.86. The molecule has 0 aliphatic carbocycles. The van der Waals surface area contributed by atoms with Gasteiger partial charge in [0.2, 0.25) is 0 Å². The second-order valence-corrected chi connectivity index (χ2v) is 7.73. The molecule has 0 amide bonds. The van der Waals surface area contributed by atoms with Crippen LogP contribution in [0.5, 0.6) is 5.75 Å². The van der Waals surface area contributed by atoms with E-state index in [0.717, 1.165) is 57.1 Å². The molecule has 150 valence electrons. The van der Waals surface area contributed by atoms with E-state index >= 15 is 4.32 Å². The molecule has 2 aliphatic rings. The fraction of sp³-hybridized carbons (Fsp3) is 0.261. The smallest absolute Gasteiger partial charge is 0.496 e. The quantitative estimate of drug-likeness (QED) is 0.787. The molecule has 2 aliphatic heterocycles. The van der Waals surface area contributed by atoms with Gasteiger partial charge in [0.25, 0.3) is 0 Å². The highest BCUT2D eigenvalue weighted by atomic mass is 19.1. The molecule has 2 N–H and O–H groups in total. The summed E-state index contributed by atoms with van der Waals surface area (Å²) in [6, 6.07) is 7.91. The third-order valence-electron chi connectivity index (χ3n) is 6.11. The van der Waals surface area contributed by atoms with Gasteiger partial charge in [0.15, 0.2) is 11.4 Å². The van der Waals surface area contributed by atoms with Crippen molar-refractivity contribution in [2.75, 3.05) is 13.7 Å². The van der Waals surface area contributed by atoms with Gasteiger partial charge >= 0.3 is 7.26 Å². The minimum absolute atomic E-state index is 0.535. The SMILES string of the molecule is COc1ccc(/C=C/C2=[N+]3[BH-](F)n4cccc4C(CCN)=C3C(C)=C2)c(C)c1C. The van der Waals surface area contributed by atoms with Crippen LogP contribution in [-0.4, -0.2) is 35.6 Å². The molecule has 29 heavy (non-hydrogen) atoms. The molecule has 4 rings (SSSR count). The van der Waals surface area contributed by atoms with Crippen molar-refractivity contribution in [1.82, 2.24) is 4.48 Å². The lowest BCUT2D eigenvalue weighted by Crippen LogP contribution is -2.40. The molecule has 3 heterocycles. The van der Waals surface area contributed by atoms with Crippen LogP contribution in [0.2, 0.25) is 0 Å². The molecule has 0 saturated heterocycles. The zero-order valence-electron chi connectivity index (χ0n) is 17.5. The summed E-state index contributed by atoms with van der Waals surface area (Å²) in [5.41, 5.74) is 14.3. The Morgan fingerprint density at radius 2 is 1.97 bits per heavy atom. The summed E-state index contributed by atoms with van der Waals surface area (Å²) >= 11 is 0. The predicted molar refractivity (Wildman–Crippen MR) is 119 cm³/mol. The molecular weight excluding hydrogens is 364 g/mol. The summed E-state index contributed by atoms with van der Waals surface area (Å²) in [6.45, 7) is 6.72. The van der Waals surface area contributed by atoms with E-state index in [4.69, 9.17) is 10.5 Å². The first kappa shape index (κ1) is 19.5. The van der Waals surface area contributed by atoms with E-state index < -0.39 is 7.26 Å². The number of methoxy groups -OCH3 is 1. The van der Waals surface area contributed by atoms with Crippen molar-refractivity contribution in [2.24, 2.45) is 5.73 Å². The Morgan fingerprint density at radius 3 is 2.69 bits per heavy atom.